The molecule has 2 aromatic rings. The van der Waals surface area contributed by atoms with Gasteiger partial charge < -0.3 is 65.2 Å². The molecule has 5 rings (SSSR count). The molecule has 0 aromatic heterocycles. The van der Waals surface area contributed by atoms with Crippen LogP contribution in [0.1, 0.15) is 124 Å². The molecule has 4 N–H and O–H groups in total. The Morgan fingerprint density at radius 3 is 1.85 bits per heavy atom. The number of hydrogen-bond acceptors (Lipinski definition) is 13. The number of piperidine rings is 1. The van der Waals surface area contributed by atoms with E-state index in [-0.39, 0.29) is 56.9 Å². The highest BCUT2D eigenvalue weighted by atomic mass is 127. The molecule has 522 valence electrons. The highest BCUT2D eigenvalue weighted by Gasteiger charge is 2.46. The molecule has 9 atom stereocenters. The van der Waals surface area contributed by atoms with Crippen LogP contribution in [0.5, 0.6) is 5.75 Å². The van der Waals surface area contributed by atoms with E-state index in [4.69, 9.17) is 11.2 Å². The lowest BCUT2D eigenvalue weighted by atomic mass is 9.95. The molecule has 0 radical (unpaired) electrons. The molecule has 26 heteroatoms. The summed E-state index contributed by atoms with van der Waals surface area (Å²) < 4.78 is 6.19. The number of carbonyl (C=O) groups excluding carboxylic acids is 12. The standard InChI is InChI=1S/C69H101IN12O13/c1-17-23-49-63(89)80(15)69(8,9)68(94)73-51(34-42(3)4)62(88)78(13)55(66(92)81-31-20-19-21-32-81)39-57(84)77(12)53(35-43(5)6)61(87)74-59(44(7)18-2)67(93)76(11)41-58(85)82-33-30-52(82)65(91)79(14)54(38-45-26-28-48(95-16)29-27-45)64(90)75(10)40-56(83)71-50(60(86)72-49)37-46-24-22-25-47(70)36-46/h1,22,24-29,36,42-44,49-55,59H,18-21,23,30-35,37-41H2,2-16H3,(H,71,83)(H,72,86)(H,73,94)(H,74,87)/t44-,49-,50-,51-,52-,53-,54-,55-,59-/m0/s1. The van der Waals surface area contributed by atoms with Crippen LogP contribution in [0.3, 0.4) is 0 Å². The molecule has 95 heavy (non-hydrogen) atoms. The molecular formula is C69H101IN12O13. The first kappa shape index (κ1) is 77.9. The van der Waals surface area contributed by atoms with E-state index < -0.39 is 150 Å². The molecule has 0 aliphatic carbocycles. The van der Waals surface area contributed by atoms with Crippen LogP contribution < -0.4 is 26.0 Å². The number of rotatable bonds is 13. The summed E-state index contributed by atoms with van der Waals surface area (Å²) in [7, 11) is 9.88. The number of hydrogen-bond donors (Lipinski definition) is 4. The number of methoxy groups -OCH3 is 1. The quantitative estimate of drug-likeness (QED) is 0.166. The van der Waals surface area contributed by atoms with Crippen molar-refractivity contribution in [2.24, 2.45) is 17.8 Å². The SMILES string of the molecule is C#CC[C@@H]1NC(=O)[C@H](Cc2cccc(I)c2)NC(=O)CN(C)C(=O)[C@H](Cc2ccc(OC)cc2)N(C)C(=O)[C@@H]2CCN2C(=O)CN(C)C(=O)[C@H]([C@@H](C)CC)NC(=O)[C@H](CC(C)C)N(C)C(=O)C[C@@H](C(=O)N2CCCCC2)N(C)C(=O)[C@H](CC(C)C)NC(=O)C(C)(C)N(C)C1=O. The van der Waals surface area contributed by atoms with Crippen LogP contribution in [0.2, 0.25) is 0 Å². The molecule has 3 aliphatic heterocycles. The van der Waals surface area contributed by atoms with Gasteiger partial charge in [0.15, 0.2) is 0 Å². The van der Waals surface area contributed by atoms with Crippen LogP contribution in [0.25, 0.3) is 0 Å². The fourth-order valence-corrected chi connectivity index (χ4v) is 12.5. The molecule has 3 fully saturated rings. The van der Waals surface area contributed by atoms with E-state index in [2.05, 4.69) is 49.8 Å². The summed E-state index contributed by atoms with van der Waals surface area (Å²) in [6.45, 7) is 13.7. The van der Waals surface area contributed by atoms with Crippen LogP contribution >= 0.6 is 22.6 Å². The average Bonchev–Trinajstić information content (AvgIpc) is 0.804. The van der Waals surface area contributed by atoms with Gasteiger partial charge in [-0.2, -0.15) is 0 Å². The van der Waals surface area contributed by atoms with Crippen molar-refractivity contribution in [1.82, 2.24) is 60.5 Å². The van der Waals surface area contributed by atoms with Gasteiger partial charge in [-0.15, -0.1) is 12.3 Å². The lowest BCUT2D eigenvalue weighted by Gasteiger charge is -2.43. The van der Waals surface area contributed by atoms with Crippen LogP contribution in [0.4, 0.5) is 0 Å². The maximum Gasteiger partial charge on any atom is 0.246 e. The molecule has 0 bridgehead atoms. The third-order valence-electron chi connectivity index (χ3n) is 18.5. The zero-order valence-electron chi connectivity index (χ0n) is 58.1. The van der Waals surface area contributed by atoms with Crippen molar-refractivity contribution in [3.8, 4) is 18.1 Å². The minimum atomic E-state index is -1.76. The molecule has 12 amide bonds. The van der Waals surface area contributed by atoms with Crippen molar-refractivity contribution >= 4 is 93.5 Å². The smallest absolute Gasteiger partial charge is 0.246 e. The monoisotopic (exact) mass is 1430 g/mol. The van der Waals surface area contributed by atoms with Crippen LogP contribution in [-0.4, -0.2) is 246 Å². The number of nitrogens with zero attached hydrogens (tertiary/aromatic N) is 8. The average molecular weight is 1430 g/mol. The van der Waals surface area contributed by atoms with Crippen molar-refractivity contribution < 1.29 is 62.3 Å². The molecule has 2 aromatic carbocycles. The third-order valence-corrected chi connectivity index (χ3v) is 19.2. The molecular weight excluding hydrogens is 1330 g/mol. The molecule has 3 heterocycles. The number of likely N-dealkylation sites (tertiary alicyclic amines) is 1. The summed E-state index contributed by atoms with van der Waals surface area (Å²) in [5.41, 5.74) is -0.505. The number of nitrogens with one attached hydrogen (secondary N) is 4. The van der Waals surface area contributed by atoms with Gasteiger partial charge in [0.1, 0.15) is 59.6 Å². The minimum absolute atomic E-state index is 0.0399. The summed E-state index contributed by atoms with van der Waals surface area (Å²) in [6.07, 6.45) is 7.86. The molecule has 3 saturated heterocycles. The van der Waals surface area contributed by atoms with Gasteiger partial charge in [-0.1, -0.05) is 72.2 Å². The Morgan fingerprint density at radius 2 is 1.28 bits per heavy atom. The molecule has 0 spiro atoms. The Morgan fingerprint density at radius 1 is 0.653 bits per heavy atom. The summed E-state index contributed by atoms with van der Waals surface area (Å²) in [6, 6.07) is 3.78. The van der Waals surface area contributed by atoms with Gasteiger partial charge in [-0.25, -0.2) is 0 Å². The normalized spacial score (nSPS) is 24.9. The first-order chi connectivity index (χ1) is 44.7. The Balaban J connectivity index is 1.61. The largest absolute Gasteiger partial charge is 0.497 e. The maximum absolute atomic E-state index is 15.1. The second-order valence-electron chi connectivity index (χ2n) is 26.9. The fourth-order valence-electron chi connectivity index (χ4n) is 11.9. The van der Waals surface area contributed by atoms with Gasteiger partial charge >= 0.3 is 0 Å². The second kappa shape index (κ2) is 35.2. The van der Waals surface area contributed by atoms with E-state index in [1.807, 2.05) is 40.7 Å². The molecule has 3 aliphatic rings. The number of halogens is 1. The fraction of sp³-hybridized carbons (Fsp3) is 0.623. The van der Waals surface area contributed by atoms with Gasteiger partial charge in [0.05, 0.1) is 26.6 Å². The Bertz CT molecular complexity index is 3150. The molecule has 25 nitrogen and oxygen atoms in total. The second-order valence-corrected chi connectivity index (χ2v) is 28.2. The maximum atomic E-state index is 15.1. The summed E-state index contributed by atoms with van der Waals surface area (Å²) >= 11 is 2.11. The van der Waals surface area contributed by atoms with Crippen molar-refractivity contribution in [3.05, 3.63) is 63.2 Å². The van der Waals surface area contributed by atoms with Crippen molar-refractivity contribution in [2.75, 3.05) is 82.1 Å². The summed E-state index contributed by atoms with van der Waals surface area (Å²) in [4.78, 5) is 187. The zero-order valence-corrected chi connectivity index (χ0v) is 60.3. The first-order valence-corrected chi connectivity index (χ1v) is 33.9. The van der Waals surface area contributed by atoms with E-state index in [0.717, 1.165) is 24.7 Å². The van der Waals surface area contributed by atoms with E-state index in [0.29, 0.717) is 49.2 Å². The van der Waals surface area contributed by atoms with Gasteiger partial charge in [-0.05, 0) is 128 Å². The number of ether oxygens (including phenoxy) is 1. The lowest BCUT2D eigenvalue weighted by Crippen LogP contribution is -2.64. The zero-order chi connectivity index (χ0) is 70.9. The van der Waals surface area contributed by atoms with Crippen molar-refractivity contribution in [3.63, 3.8) is 0 Å². The van der Waals surface area contributed by atoms with Crippen LogP contribution in [0, 0.1) is 33.7 Å². The van der Waals surface area contributed by atoms with E-state index in [9.17, 15) is 52.7 Å². The van der Waals surface area contributed by atoms with Crippen LogP contribution in [-0.2, 0) is 70.4 Å². The predicted molar refractivity (Wildman–Crippen MR) is 366 cm³/mol. The van der Waals surface area contributed by atoms with Gasteiger partial charge in [0, 0.05) is 84.8 Å². The van der Waals surface area contributed by atoms with E-state index in [1.165, 1.54) is 82.8 Å². The minimum Gasteiger partial charge on any atom is -0.497 e. The number of likely N-dealkylation sites (N-methyl/N-ethyl adjacent to an activating group) is 6. The lowest BCUT2D eigenvalue weighted by molar-refractivity contribution is -0.157. The van der Waals surface area contributed by atoms with E-state index >= 15 is 4.79 Å². The topological polar surface area (TPSA) is 288 Å². The Labute approximate surface area is 574 Å². The number of carbonyl (C=O) groups is 12. The number of amides is 12. The number of benzene rings is 2. The number of terminal acetylenes is 1. The molecule has 0 unspecified atom stereocenters. The summed E-state index contributed by atoms with van der Waals surface area (Å²) in [5, 5.41) is 11.2. The summed E-state index contributed by atoms with van der Waals surface area (Å²) in [5.74, 6) is -6.10. The first-order valence-electron chi connectivity index (χ1n) is 32.8. The third kappa shape index (κ3) is 20.6. The highest BCUT2D eigenvalue weighted by molar-refractivity contribution is 14.1. The van der Waals surface area contributed by atoms with Gasteiger partial charge in [0.25, 0.3) is 0 Å². The Kier molecular flexibility index (Phi) is 28.9. The van der Waals surface area contributed by atoms with Gasteiger partial charge in [-0.3, -0.25) is 57.5 Å². The van der Waals surface area contributed by atoms with Crippen LogP contribution in [0.15, 0.2) is 48.5 Å². The van der Waals surface area contributed by atoms with Crippen molar-refractivity contribution in [1.29, 1.82) is 0 Å². The van der Waals surface area contributed by atoms with E-state index in [1.54, 1.807) is 54.3 Å². The molecule has 0 saturated carbocycles. The van der Waals surface area contributed by atoms with Gasteiger partial charge in [0.2, 0.25) is 70.9 Å². The van der Waals surface area contributed by atoms with Crippen molar-refractivity contribution in [2.45, 2.75) is 180 Å². The predicted octanol–water partition coefficient (Wildman–Crippen LogP) is 2.84. The highest BCUT2D eigenvalue weighted by Crippen LogP contribution is 2.26. The Hall–Kier alpha value is -7.83. The number of fused-ring (bicyclic) bond motifs is 1.